The molecule has 0 spiro atoms. The number of hydrogen-bond donors (Lipinski definition) is 1. The predicted molar refractivity (Wildman–Crippen MR) is 64.7 cm³/mol. The van der Waals surface area contributed by atoms with Crippen LogP contribution in [0.25, 0.3) is 11.3 Å². The zero-order chi connectivity index (χ0) is 13.8. The molecule has 0 atom stereocenters. The van der Waals surface area contributed by atoms with E-state index in [-0.39, 0.29) is 11.3 Å². The van der Waals surface area contributed by atoms with Gasteiger partial charge >= 0.3 is 5.97 Å². The van der Waals surface area contributed by atoms with Crippen LogP contribution in [0.2, 0.25) is 0 Å². The zero-order valence-corrected chi connectivity index (χ0v) is 10.1. The van der Waals surface area contributed by atoms with Gasteiger partial charge in [0.15, 0.2) is 5.69 Å². The van der Waals surface area contributed by atoms with Crippen molar-refractivity contribution >= 4 is 5.97 Å². The van der Waals surface area contributed by atoms with Crippen molar-refractivity contribution in [3.05, 3.63) is 47.7 Å². The number of aromatic nitrogens is 2. The monoisotopic (exact) mass is 262 g/mol. The molecule has 0 saturated heterocycles. The van der Waals surface area contributed by atoms with Crippen LogP contribution < -0.4 is 0 Å². The third kappa shape index (κ3) is 2.74. The second kappa shape index (κ2) is 5.53. The molecule has 5 nitrogen and oxygen atoms in total. The van der Waals surface area contributed by atoms with E-state index in [0.29, 0.717) is 11.3 Å². The number of nitrogens with zero attached hydrogens (tertiary/aromatic N) is 2. The number of halogens is 1. The van der Waals surface area contributed by atoms with Gasteiger partial charge in [0.1, 0.15) is 12.1 Å². The fourth-order valence-electron chi connectivity index (χ4n) is 1.59. The molecule has 0 aliphatic rings. The Hall–Kier alpha value is -2.34. The first-order valence-electron chi connectivity index (χ1n) is 5.45. The summed E-state index contributed by atoms with van der Waals surface area (Å²) in [6.45, 7) is -0.408. The van der Waals surface area contributed by atoms with Crippen molar-refractivity contribution in [3.63, 3.8) is 0 Å². The number of rotatable bonds is 3. The van der Waals surface area contributed by atoms with Crippen molar-refractivity contribution in [1.82, 2.24) is 9.97 Å². The van der Waals surface area contributed by atoms with Gasteiger partial charge in [0.2, 0.25) is 0 Å². The highest BCUT2D eigenvalue weighted by molar-refractivity contribution is 5.88. The third-order valence-corrected chi connectivity index (χ3v) is 2.57. The molecule has 98 valence electrons. The topological polar surface area (TPSA) is 72.3 Å². The summed E-state index contributed by atoms with van der Waals surface area (Å²) in [5.74, 6) is -1.07. The number of aliphatic hydroxyl groups excluding tert-OH is 1. The molecule has 0 fully saturated rings. The lowest BCUT2D eigenvalue weighted by Gasteiger charge is -2.05. The minimum Gasteiger partial charge on any atom is -0.464 e. The molecule has 2 aromatic rings. The maximum absolute atomic E-state index is 13.3. The van der Waals surface area contributed by atoms with E-state index in [4.69, 9.17) is 5.11 Å². The van der Waals surface area contributed by atoms with Gasteiger partial charge in [-0.3, -0.25) is 0 Å². The maximum Gasteiger partial charge on any atom is 0.356 e. The fraction of sp³-hybridized carbons (Fsp3) is 0.154. The van der Waals surface area contributed by atoms with Gasteiger partial charge < -0.3 is 9.84 Å². The van der Waals surface area contributed by atoms with E-state index in [1.807, 2.05) is 0 Å². The summed E-state index contributed by atoms with van der Waals surface area (Å²) >= 11 is 0. The molecule has 0 saturated carbocycles. The summed E-state index contributed by atoms with van der Waals surface area (Å²) in [5, 5.41) is 9.02. The molecule has 0 aliphatic carbocycles. The molecule has 6 heteroatoms. The van der Waals surface area contributed by atoms with Crippen LogP contribution in [0.3, 0.4) is 0 Å². The Kier molecular flexibility index (Phi) is 3.82. The molecule has 1 aromatic heterocycles. The van der Waals surface area contributed by atoms with Crippen molar-refractivity contribution in [2.45, 2.75) is 6.61 Å². The Balaban J connectivity index is 2.44. The Morgan fingerprint density at radius 2 is 2.16 bits per heavy atom. The van der Waals surface area contributed by atoms with E-state index in [0.717, 1.165) is 0 Å². The van der Waals surface area contributed by atoms with Crippen LogP contribution in [-0.4, -0.2) is 28.2 Å². The first-order chi connectivity index (χ1) is 9.15. The van der Waals surface area contributed by atoms with Crippen LogP contribution >= 0.6 is 0 Å². The van der Waals surface area contributed by atoms with E-state index in [1.54, 1.807) is 0 Å². The molecule has 0 unspecified atom stereocenters. The minimum absolute atomic E-state index is 0.113. The first kappa shape index (κ1) is 13.1. The molecule has 0 aliphatic heterocycles. The lowest BCUT2D eigenvalue weighted by molar-refractivity contribution is 0.0594. The standard InChI is InChI=1S/C13H11FN2O3/c1-19-13(18)12-5-11(15-7-16-12)8-2-3-10(14)9(4-8)6-17/h2-5,7,17H,6H2,1H3. The summed E-state index contributed by atoms with van der Waals surface area (Å²) in [4.78, 5) is 19.2. The molecule has 1 aromatic carbocycles. The zero-order valence-electron chi connectivity index (χ0n) is 10.1. The van der Waals surface area contributed by atoms with Crippen LogP contribution in [-0.2, 0) is 11.3 Å². The second-order valence-electron chi connectivity index (χ2n) is 3.74. The SMILES string of the molecule is COC(=O)c1cc(-c2ccc(F)c(CO)c2)ncn1. The first-order valence-corrected chi connectivity index (χ1v) is 5.45. The number of benzene rings is 1. The summed E-state index contributed by atoms with van der Waals surface area (Å²) in [6.07, 6.45) is 1.23. The van der Waals surface area contributed by atoms with E-state index in [1.165, 1.54) is 37.7 Å². The number of aliphatic hydroxyl groups is 1. The van der Waals surface area contributed by atoms with Crippen LogP contribution in [0.15, 0.2) is 30.6 Å². The summed E-state index contributed by atoms with van der Waals surface area (Å²) in [5.41, 5.74) is 1.31. The van der Waals surface area contributed by atoms with Gasteiger partial charge in [-0.05, 0) is 24.3 Å². The van der Waals surface area contributed by atoms with E-state index < -0.39 is 18.4 Å². The number of carbonyl (C=O) groups excluding carboxylic acids is 1. The molecule has 0 bridgehead atoms. The number of esters is 1. The lowest BCUT2D eigenvalue weighted by Crippen LogP contribution is -2.05. The fourth-order valence-corrected chi connectivity index (χ4v) is 1.59. The Morgan fingerprint density at radius 3 is 2.84 bits per heavy atom. The smallest absolute Gasteiger partial charge is 0.356 e. The van der Waals surface area contributed by atoms with Gasteiger partial charge in [-0.15, -0.1) is 0 Å². The third-order valence-electron chi connectivity index (χ3n) is 2.57. The lowest BCUT2D eigenvalue weighted by atomic mass is 10.1. The Labute approximate surface area is 108 Å². The van der Waals surface area contributed by atoms with Crippen molar-refractivity contribution in [3.8, 4) is 11.3 Å². The highest BCUT2D eigenvalue weighted by atomic mass is 19.1. The van der Waals surface area contributed by atoms with Crippen LogP contribution in [0.1, 0.15) is 16.1 Å². The molecule has 19 heavy (non-hydrogen) atoms. The molecule has 1 heterocycles. The highest BCUT2D eigenvalue weighted by Gasteiger charge is 2.11. The highest BCUT2D eigenvalue weighted by Crippen LogP contribution is 2.20. The molecule has 0 radical (unpaired) electrons. The average Bonchev–Trinajstić information content (AvgIpc) is 2.47. The molecule has 0 amide bonds. The average molecular weight is 262 g/mol. The number of ether oxygens (including phenoxy) is 1. The van der Waals surface area contributed by atoms with E-state index >= 15 is 0 Å². The molecule has 1 N–H and O–H groups in total. The van der Waals surface area contributed by atoms with Crippen molar-refractivity contribution in [2.24, 2.45) is 0 Å². The van der Waals surface area contributed by atoms with Gasteiger partial charge in [0.05, 0.1) is 19.4 Å². The second-order valence-corrected chi connectivity index (χ2v) is 3.74. The molecular formula is C13H11FN2O3. The number of carbonyl (C=O) groups is 1. The quantitative estimate of drug-likeness (QED) is 0.850. The van der Waals surface area contributed by atoms with Crippen molar-refractivity contribution < 1.29 is 19.0 Å². The summed E-state index contributed by atoms with van der Waals surface area (Å²) in [6, 6.07) is 5.66. The predicted octanol–water partition coefficient (Wildman–Crippen LogP) is 1.56. The van der Waals surface area contributed by atoms with Crippen LogP contribution in [0, 0.1) is 5.82 Å². The van der Waals surface area contributed by atoms with Crippen molar-refractivity contribution in [1.29, 1.82) is 0 Å². The van der Waals surface area contributed by atoms with Gasteiger partial charge in [-0.25, -0.2) is 19.2 Å². The van der Waals surface area contributed by atoms with Crippen LogP contribution in [0.4, 0.5) is 4.39 Å². The molecular weight excluding hydrogens is 251 g/mol. The van der Waals surface area contributed by atoms with Crippen LogP contribution in [0.5, 0.6) is 0 Å². The van der Waals surface area contributed by atoms with Gasteiger partial charge in [0.25, 0.3) is 0 Å². The number of hydrogen-bond acceptors (Lipinski definition) is 5. The minimum atomic E-state index is -0.576. The van der Waals surface area contributed by atoms with Gasteiger partial charge in [-0.2, -0.15) is 0 Å². The van der Waals surface area contributed by atoms with Crippen molar-refractivity contribution in [2.75, 3.05) is 7.11 Å². The van der Waals surface area contributed by atoms with Gasteiger partial charge in [0, 0.05) is 11.1 Å². The Bertz CT molecular complexity index is 617. The van der Waals surface area contributed by atoms with E-state index in [2.05, 4.69) is 14.7 Å². The number of methoxy groups -OCH3 is 1. The summed E-state index contributed by atoms with van der Waals surface area (Å²) in [7, 11) is 1.26. The maximum atomic E-state index is 13.3. The molecule has 2 rings (SSSR count). The Morgan fingerprint density at radius 1 is 1.37 bits per heavy atom. The normalized spacial score (nSPS) is 10.3. The van der Waals surface area contributed by atoms with E-state index in [9.17, 15) is 9.18 Å². The largest absolute Gasteiger partial charge is 0.464 e. The summed E-state index contributed by atoms with van der Waals surface area (Å²) < 4.78 is 17.8. The van der Waals surface area contributed by atoms with Gasteiger partial charge in [-0.1, -0.05) is 0 Å².